The van der Waals surface area contributed by atoms with Crippen LogP contribution < -0.4 is 5.73 Å². The fourth-order valence-electron chi connectivity index (χ4n) is 11.7. The Kier molecular flexibility index (Phi) is 5.55. The van der Waals surface area contributed by atoms with E-state index in [2.05, 4.69) is 48.1 Å². The number of carbonyl (C=O) groups excluding carboxylic acids is 1. The van der Waals surface area contributed by atoms with Gasteiger partial charge in [0.15, 0.2) is 0 Å². The lowest BCUT2D eigenvalue weighted by Gasteiger charge is -2.72. The Hall–Kier alpha value is -0.830. The van der Waals surface area contributed by atoms with Crippen LogP contribution in [0.2, 0.25) is 0 Å². The Morgan fingerprint density at radius 2 is 1.56 bits per heavy atom. The number of allylic oxidation sites excluding steroid dienone is 1. The average molecular weight is 470 g/mol. The molecule has 0 aromatic carbocycles. The zero-order valence-electron chi connectivity index (χ0n) is 23.1. The maximum Gasteiger partial charge on any atom is 0.312 e. The number of rotatable bonds is 2. The van der Waals surface area contributed by atoms with Gasteiger partial charge in [-0.2, -0.15) is 0 Å². The lowest BCUT2D eigenvalue weighted by atomic mass is 9.32. The molecular weight excluding hydrogens is 418 g/mol. The number of nitrogens with two attached hydrogens (primary N) is 1. The van der Waals surface area contributed by atoms with Crippen molar-refractivity contribution in [2.24, 2.45) is 62.4 Å². The number of hydrogen-bond donors (Lipinski definition) is 1. The van der Waals surface area contributed by atoms with E-state index in [-0.39, 0.29) is 22.2 Å². The molecule has 3 heteroatoms. The Balaban J connectivity index is 1.56. The molecule has 34 heavy (non-hydrogen) atoms. The van der Waals surface area contributed by atoms with E-state index in [0.717, 1.165) is 31.1 Å². The van der Waals surface area contributed by atoms with Gasteiger partial charge < -0.3 is 10.5 Å². The van der Waals surface area contributed by atoms with Gasteiger partial charge in [-0.15, -0.1) is 0 Å². The summed E-state index contributed by atoms with van der Waals surface area (Å²) in [7, 11) is 1.60. The van der Waals surface area contributed by atoms with Crippen molar-refractivity contribution in [1.29, 1.82) is 0 Å². The molecule has 0 aliphatic heterocycles. The molecule has 10 atom stereocenters. The summed E-state index contributed by atoms with van der Waals surface area (Å²) < 4.78 is 5.51. The highest BCUT2D eigenvalue weighted by Gasteiger charge is 2.72. The SMILES string of the molecule is C=C(C)[C@@H]1CC[C@]2(C(=O)OC)CC[C@]3(C)C(CCC4[C@@]5(C)CC[C@H](N)C(C)(C)C5CC[C@]43C)C12. The molecule has 5 rings (SSSR count). The van der Waals surface area contributed by atoms with Gasteiger partial charge in [-0.3, -0.25) is 4.79 Å². The first-order valence-corrected chi connectivity index (χ1v) is 14.3. The summed E-state index contributed by atoms with van der Waals surface area (Å²) in [6, 6.07) is 0.326. The Labute approximate surface area is 209 Å². The van der Waals surface area contributed by atoms with Crippen molar-refractivity contribution >= 4 is 5.97 Å². The minimum atomic E-state index is -0.285. The van der Waals surface area contributed by atoms with Crippen molar-refractivity contribution in [3.05, 3.63) is 12.2 Å². The fourth-order valence-corrected chi connectivity index (χ4v) is 11.7. The first kappa shape index (κ1) is 24.8. The molecule has 0 saturated heterocycles. The first-order valence-electron chi connectivity index (χ1n) is 14.3. The topological polar surface area (TPSA) is 52.3 Å². The third-order valence-corrected chi connectivity index (χ3v) is 13.8. The van der Waals surface area contributed by atoms with Gasteiger partial charge in [0.2, 0.25) is 0 Å². The summed E-state index contributed by atoms with van der Waals surface area (Å²) in [5.41, 5.74) is 8.90. The van der Waals surface area contributed by atoms with E-state index in [0.29, 0.717) is 34.6 Å². The zero-order valence-corrected chi connectivity index (χ0v) is 23.1. The maximum absolute atomic E-state index is 13.4. The molecule has 5 fully saturated rings. The molecule has 0 aromatic heterocycles. The zero-order chi connectivity index (χ0) is 24.9. The minimum absolute atomic E-state index is 0.0641. The van der Waals surface area contributed by atoms with Gasteiger partial charge in [0.25, 0.3) is 0 Å². The number of ether oxygens (including phenoxy) is 1. The van der Waals surface area contributed by atoms with Gasteiger partial charge >= 0.3 is 5.97 Å². The highest BCUT2D eigenvalue weighted by molar-refractivity contribution is 5.78. The predicted octanol–water partition coefficient (Wildman–Crippen LogP) is 7.14. The van der Waals surface area contributed by atoms with Crippen LogP contribution in [0.4, 0.5) is 0 Å². The van der Waals surface area contributed by atoms with E-state index < -0.39 is 0 Å². The summed E-state index contributed by atoms with van der Waals surface area (Å²) >= 11 is 0. The number of carbonyl (C=O) groups is 1. The molecule has 3 nitrogen and oxygen atoms in total. The average Bonchev–Trinajstić information content (AvgIpc) is 3.18. The molecule has 4 unspecified atom stereocenters. The maximum atomic E-state index is 13.4. The third-order valence-electron chi connectivity index (χ3n) is 13.8. The van der Waals surface area contributed by atoms with E-state index in [9.17, 15) is 4.79 Å². The minimum Gasteiger partial charge on any atom is -0.469 e. The molecule has 0 radical (unpaired) electrons. The number of fused-ring (bicyclic) bond motifs is 7. The van der Waals surface area contributed by atoms with Crippen molar-refractivity contribution in [3.63, 3.8) is 0 Å². The molecular formula is C31H51NO2. The smallest absolute Gasteiger partial charge is 0.312 e. The highest BCUT2D eigenvalue weighted by atomic mass is 16.5. The van der Waals surface area contributed by atoms with Crippen LogP contribution in [0.1, 0.15) is 106 Å². The van der Waals surface area contributed by atoms with Crippen LogP contribution >= 0.6 is 0 Å². The molecule has 0 heterocycles. The standard InChI is InChI=1S/C31H51NO2/c1-19(2)20-11-16-31(26(33)34-8)18-17-29(6)21(25(20)31)9-10-23-28(5)14-13-24(32)27(3,4)22(28)12-15-30(23,29)7/h20-25H,1,9-18,32H2,2-8H3/t20-,21?,22?,23?,24-,25?,28-,29+,30+,31-/m0/s1. The first-order chi connectivity index (χ1) is 15.8. The monoisotopic (exact) mass is 469 g/mol. The molecule has 5 saturated carbocycles. The van der Waals surface area contributed by atoms with Crippen molar-refractivity contribution in [2.45, 2.75) is 112 Å². The molecule has 0 aromatic rings. The van der Waals surface area contributed by atoms with Crippen LogP contribution in [0.5, 0.6) is 0 Å². The lowest BCUT2D eigenvalue weighted by molar-refractivity contribution is -0.239. The van der Waals surface area contributed by atoms with Crippen LogP contribution in [0.25, 0.3) is 0 Å². The van der Waals surface area contributed by atoms with Crippen LogP contribution in [0.3, 0.4) is 0 Å². The fraction of sp³-hybridized carbons (Fsp3) is 0.903. The number of hydrogen-bond acceptors (Lipinski definition) is 3. The normalized spacial score (nSPS) is 53.6. The molecule has 2 N–H and O–H groups in total. The number of esters is 1. The number of methoxy groups -OCH3 is 1. The molecule has 192 valence electrons. The second-order valence-corrected chi connectivity index (χ2v) is 14.8. The second kappa shape index (κ2) is 7.59. The summed E-state index contributed by atoms with van der Waals surface area (Å²) in [4.78, 5) is 13.4. The van der Waals surface area contributed by atoms with Gasteiger partial charge in [0.1, 0.15) is 0 Å². The Morgan fingerprint density at radius 1 is 0.853 bits per heavy atom. The molecule has 5 aliphatic rings. The quantitative estimate of drug-likeness (QED) is 0.345. The molecule has 0 spiro atoms. The van der Waals surface area contributed by atoms with Crippen LogP contribution in [0.15, 0.2) is 12.2 Å². The summed E-state index contributed by atoms with van der Waals surface area (Å²) in [5.74, 6) is 2.98. The van der Waals surface area contributed by atoms with Crippen molar-refractivity contribution in [1.82, 2.24) is 0 Å². The summed E-state index contributed by atoms with van der Waals surface area (Å²) in [6.45, 7) is 19.5. The van der Waals surface area contributed by atoms with Gasteiger partial charge in [-0.05, 0) is 122 Å². The molecule has 0 amide bonds. The van der Waals surface area contributed by atoms with E-state index in [1.807, 2.05) is 0 Å². The molecule has 5 aliphatic carbocycles. The van der Waals surface area contributed by atoms with E-state index >= 15 is 0 Å². The van der Waals surface area contributed by atoms with Gasteiger partial charge in [-0.1, -0.05) is 46.8 Å². The van der Waals surface area contributed by atoms with Crippen LogP contribution in [0, 0.1) is 56.7 Å². The summed E-state index contributed by atoms with van der Waals surface area (Å²) in [6.07, 6.45) is 11.9. The third kappa shape index (κ3) is 2.83. The Bertz CT molecular complexity index is 879. The van der Waals surface area contributed by atoms with Crippen LogP contribution in [-0.4, -0.2) is 19.1 Å². The van der Waals surface area contributed by atoms with Crippen molar-refractivity contribution in [2.75, 3.05) is 7.11 Å². The predicted molar refractivity (Wildman–Crippen MR) is 139 cm³/mol. The van der Waals surface area contributed by atoms with E-state index in [1.165, 1.54) is 50.5 Å². The van der Waals surface area contributed by atoms with E-state index in [1.54, 1.807) is 7.11 Å². The van der Waals surface area contributed by atoms with Gasteiger partial charge in [0.05, 0.1) is 12.5 Å². The van der Waals surface area contributed by atoms with Gasteiger partial charge in [-0.25, -0.2) is 0 Å². The Morgan fingerprint density at radius 3 is 2.21 bits per heavy atom. The molecule has 0 bridgehead atoms. The van der Waals surface area contributed by atoms with Crippen molar-refractivity contribution in [3.8, 4) is 0 Å². The highest BCUT2D eigenvalue weighted by Crippen LogP contribution is 2.77. The van der Waals surface area contributed by atoms with Crippen LogP contribution in [-0.2, 0) is 9.53 Å². The summed E-state index contributed by atoms with van der Waals surface area (Å²) in [5, 5.41) is 0. The second-order valence-electron chi connectivity index (χ2n) is 14.8. The van der Waals surface area contributed by atoms with E-state index in [4.69, 9.17) is 10.5 Å². The largest absolute Gasteiger partial charge is 0.469 e. The lowest BCUT2D eigenvalue weighted by Crippen LogP contribution is -2.67. The van der Waals surface area contributed by atoms with Crippen molar-refractivity contribution < 1.29 is 9.53 Å². The van der Waals surface area contributed by atoms with Gasteiger partial charge in [0, 0.05) is 6.04 Å².